The minimum Gasteiger partial charge on any atom is -0.473 e. The van der Waals surface area contributed by atoms with Crippen LogP contribution >= 0.6 is 15.9 Å². The Balaban J connectivity index is 2.03. The largest absolute Gasteiger partial charge is 0.473 e. The van der Waals surface area contributed by atoms with E-state index in [0.29, 0.717) is 18.1 Å². The Morgan fingerprint density at radius 3 is 2.71 bits per heavy atom. The van der Waals surface area contributed by atoms with Gasteiger partial charge in [-0.2, -0.15) is 5.26 Å². The lowest BCUT2D eigenvalue weighted by Crippen LogP contribution is -1.97. The van der Waals surface area contributed by atoms with E-state index in [-0.39, 0.29) is 0 Å². The van der Waals surface area contributed by atoms with Crippen LogP contribution in [-0.4, -0.2) is 4.98 Å². The van der Waals surface area contributed by atoms with Crippen LogP contribution in [0.1, 0.15) is 11.1 Å². The highest BCUT2D eigenvalue weighted by Gasteiger charge is 2.00. The quantitative estimate of drug-likeness (QED) is 0.871. The topological polar surface area (TPSA) is 45.9 Å². The summed E-state index contributed by atoms with van der Waals surface area (Å²) in [6.45, 7) is 0.445. The second kappa shape index (κ2) is 5.46. The van der Waals surface area contributed by atoms with Gasteiger partial charge in [0.2, 0.25) is 5.88 Å². The molecule has 1 aromatic carbocycles. The fourth-order valence-corrected chi connectivity index (χ4v) is 1.70. The van der Waals surface area contributed by atoms with E-state index in [4.69, 9.17) is 10.00 Å². The first-order chi connectivity index (χ1) is 8.29. The molecule has 0 radical (unpaired) electrons. The van der Waals surface area contributed by atoms with Gasteiger partial charge >= 0.3 is 0 Å². The first-order valence-electron chi connectivity index (χ1n) is 5.02. The minimum atomic E-state index is 0.445. The molecular formula is C13H9BrN2O. The van der Waals surface area contributed by atoms with Crippen LogP contribution in [-0.2, 0) is 6.61 Å². The zero-order valence-corrected chi connectivity index (χ0v) is 10.5. The van der Waals surface area contributed by atoms with Gasteiger partial charge in [-0.05, 0) is 12.1 Å². The van der Waals surface area contributed by atoms with Crippen LogP contribution in [0.2, 0.25) is 0 Å². The molecule has 1 aromatic heterocycles. The number of rotatable bonds is 3. The Labute approximate surface area is 108 Å². The highest BCUT2D eigenvalue weighted by atomic mass is 79.9. The number of benzene rings is 1. The number of hydrogen-bond acceptors (Lipinski definition) is 3. The number of aromatic nitrogens is 1. The fourth-order valence-electron chi connectivity index (χ4n) is 1.30. The Morgan fingerprint density at radius 2 is 2.06 bits per heavy atom. The van der Waals surface area contributed by atoms with Crippen molar-refractivity contribution in [1.82, 2.24) is 4.98 Å². The summed E-state index contributed by atoms with van der Waals surface area (Å²) in [7, 11) is 0. The van der Waals surface area contributed by atoms with E-state index in [2.05, 4.69) is 20.9 Å². The van der Waals surface area contributed by atoms with Gasteiger partial charge in [0.25, 0.3) is 0 Å². The fraction of sp³-hybridized carbons (Fsp3) is 0.0769. The van der Waals surface area contributed by atoms with Crippen LogP contribution in [0, 0.1) is 11.3 Å². The van der Waals surface area contributed by atoms with Crippen molar-refractivity contribution in [3.05, 3.63) is 58.2 Å². The van der Waals surface area contributed by atoms with E-state index in [9.17, 15) is 0 Å². The van der Waals surface area contributed by atoms with Crippen LogP contribution in [0.5, 0.6) is 5.88 Å². The third-order valence-electron chi connectivity index (χ3n) is 2.20. The lowest BCUT2D eigenvalue weighted by molar-refractivity contribution is 0.293. The molecule has 0 fully saturated rings. The molecule has 3 nitrogen and oxygen atoms in total. The molecule has 4 heteroatoms. The van der Waals surface area contributed by atoms with Gasteiger partial charge in [-0.1, -0.05) is 34.1 Å². The molecule has 1 heterocycles. The zero-order chi connectivity index (χ0) is 12.1. The molecule has 0 amide bonds. The molecule has 0 unspecified atom stereocenters. The summed E-state index contributed by atoms with van der Waals surface area (Å²) < 4.78 is 6.53. The summed E-state index contributed by atoms with van der Waals surface area (Å²) in [6.07, 6.45) is 1.50. The first-order valence-corrected chi connectivity index (χ1v) is 5.81. The average molecular weight is 289 g/mol. The number of ether oxygens (including phenoxy) is 1. The average Bonchev–Trinajstić information content (AvgIpc) is 2.38. The lowest BCUT2D eigenvalue weighted by Gasteiger charge is -2.06. The third-order valence-corrected chi connectivity index (χ3v) is 2.97. The van der Waals surface area contributed by atoms with Crippen LogP contribution in [0.4, 0.5) is 0 Å². The summed E-state index contributed by atoms with van der Waals surface area (Å²) >= 11 is 3.45. The number of nitriles is 1. The molecule has 0 bridgehead atoms. The van der Waals surface area contributed by atoms with Gasteiger partial charge in [-0.25, -0.2) is 4.98 Å². The lowest BCUT2D eigenvalue weighted by atomic mass is 10.2. The molecule has 2 rings (SSSR count). The zero-order valence-electron chi connectivity index (χ0n) is 8.93. The molecule has 0 saturated heterocycles. The Morgan fingerprint density at radius 1 is 1.24 bits per heavy atom. The monoisotopic (exact) mass is 288 g/mol. The number of halogens is 1. The van der Waals surface area contributed by atoms with Crippen molar-refractivity contribution in [2.45, 2.75) is 6.61 Å². The highest BCUT2D eigenvalue weighted by molar-refractivity contribution is 9.10. The molecule has 0 atom stereocenters. The third kappa shape index (κ3) is 3.05. The molecule has 2 aromatic rings. The smallest absolute Gasteiger partial charge is 0.213 e. The normalized spacial score (nSPS) is 9.65. The molecular weight excluding hydrogens is 280 g/mol. The second-order valence-corrected chi connectivity index (χ2v) is 4.23. The van der Waals surface area contributed by atoms with E-state index in [0.717, 1.165) is 10.0 Å². The molecule has 0 N–H and O–H groups in total. The van der Waals surface area contributed by atoms with Gasteiger partial charge in [-0.15, -0.1) is 0 Å². The van der Waals surface area contributed by atoms with Crippen molar-refractivity contribution in [2.24, 2.45) is 0 Å². The number of nitrogens with zero attached hydrogens (tertiary/aromatic N) is 2. The Kier molecular flexibility index (Phi) is 3.73. The van der Waals surface area contributed by atoms with Crippen LogP contribution in [0.15, 0.2) is 47.1 Å². The maximum absolute atomic E-state index is 8.64. The van der Waals surface area contributed by atoms with E-state index in [1.807, 2.05) is 30.3 Å². The standard InChI is InChI=1S/C13H9BrN2O/c14-12-4-2-1-3-11(12)9-17-13-6-5-10(7-15)8-16-13/h1-6,8H,9H2. The molecule has 0 spiro atoms. The molecule has 84 valence electrons. The van der Waals surface area contributed by atoms with Crippen molar-refractivity contribution >= 4 is 15.9 Å². The van der Waals surface area contributed by atoms with Gasteiger partial charge < -0.3 is 4.74 Å². The van der Waals surface area contributed by atoms with Crippen molar-refractivity contribution in [3.8, 4) is 11.9 Å². The summed E-state index contributed by atoms with van der Waals surface area (Å²) in [5, 5.41) is 8.64. The van der Waals surface area contributed by atoms with Crippen molar-refractivity contribution in [1.29, 1.82) is 5.26 Å². The van der Waals surface area contributed by atoms with Crippen molar-refractivity contribution in [3.63, 3.8) is 0 Å². The van der Waals surface area contributed by atoms with Gasteiger partial charge in [-0.3, -0.25) is 0 Å². The van der Waals surface area contributed by atoms with E-state index in [1.165, 1.54) is 6.20 Å². The minimum absolute atomic E-state index is 0.445. The molecule has 0 aliphatic heterocycles. The van der Waals surface area contributed by atoms with Crippen molar-refractivity contribution in [2.75, 3.05) is 0 Å². The highest BCUT2D eigenvalue weighted by Crippen LogP contribution is 2.17. The molecule has 17 heavy (non-hydrogen) atoms. The predicted octanol–water partition coefficient (Wildman–Crippen LogP) is 3.29. The Bertz CT molecular complexity index is 546. The summed E-state index contributed by atoms with van der Waals surface area (Å²) in [4.78, 5) is 4.03. The summed E-state index contributed by atoms with van der Waals surface area (Å²) in [5.74, 6) is 0.514. The van der Waals surface area contributed by atoms with Crippen molar-refractivity contribution < 1.29 is 4.74 Å². The van der Waals surface area contributed by atoms with Gasteiger partial charge in [0.1, 0.15) is 12.7 Å². The summed E-state index contributed by atoms with van der Waals surface area (Å²) in [5.41, 5.74) is 1.58. The number of pyridine rings is 1. The maximum Gasteiger partial charge on any atom is 0.213 e. The van der Waals surface area contributed by atoms with Gasteiger partial charge in [0, 0.05) is 22.3 Å². The summed E-state index contributed by atoms with van der Waals surface area (Å²) in [6, 6.07) is 13.2. The van der Waals surface area contributed by atoms with E-state index >= 15 is 0 Å². The SMILES string of the molecule is N#Cc1ccc(OCc2ccccc2Br)nc1. The maximum atomic E-state index is 8.64. The van der Waals surface area contributed by atoms with E-state index in [1.54, 1.807) is 12.1 Å². The molecule has 0 saturated carbocycles. The molecule has 0 aliphatic rings. The Hall–Kier alpha value is -1.86. The van der Waals surface area contributed by atoms with Crippen LogP contribution in [0.25, 0.3) is 0 Å². The predicted molar refractivity (Wildman–Crippen MR) is 67.4 cm³/mol. The molecule has 0 aliphatic carbocycles. The second-order valence-electron chi connectivity index (χ2n) is 3.38. The van der Waals surface area contributed by atoms with E-state index < -0.39 is 0 Å². The number of hydrogen-bond donors (Lipinski definition) is 0. The van der Waals surface area contributed by atoms with Gasteiger partial charge in [0.15, 0.2) is 0 Å². The first kappa shape index (κ1) is 11.6. The van der Waals surface area contributed by atoms with Crippen LogP contribution in [0.3, 0.4) is 0 Å². The van der Waals surface area contributed by atoms with Gasteiger partial charge in [0.05, 0.1) is 5.56 Å². The van der Waals surface area contributed by atoms with Crippen LogP contribution < -0.4 is 4.74 Å².